The molecule has 4 heteroatoms. The smallest absolute Gasteiger partial charge is 0.325 e. The van der Waals surface area contributed by atoms with Crippen LogP contribution in [0.15, 0.2) is 24.3 Å². The maximum Gasteiger partial charge on any atom is 0.325 e. The first-order valence-electron chi connectivity index (χ1n) is 7.22. The lowest BCUT2D eigenvalue weighted by Crippen LogP contribution is -2.38. The first kappa shape index (κ1) is 13.2. The first-order chi connectivity index (χ1) is 9.68. The third kappa shape index (κ3) is 2.20. The van der Waals surface area contributed by atoms with Crippen LogP contribution >= 0.6 is 0 Å². The number of nitrogens with one attached hydrogen (secondary N) is 1. The van der Waals surface area contributed by atoms with E-state index < -0.39 is 12.0 Å². The normalized spacial score (nSPS) is 18.2. The standard InChI is InChI=1S/C16H20N2O2/c1-11-14(12-7-3-4-8-13(12)17-11)15(16(19)20)18-9-5-2-6-10-18/h3-4,7-8,15,17H,2,5-6,9-10H2,1H3,(H,19,20)/t15-/m0/s1. The Hall–Kier alpha value is -1.81. The van der Waals surface area contributed by atoms with Gasteiger partial charge in [-0.25, -0.2) is 0 Å². The molecule has 1 atom stereocenters. The van der Waals surface area contributed by atoms with Crippen LogP contribution in [0.1, 0.15) is 36.6 Å². The van der Waals surface area contributed by atoms with Crippen molar-refractivity contribution in [3.63, 3.8) is 0 Å². The van der Waals surface area contributed by atoms with Gasteiger partial charge in [-0.3, -0.25) is 9.69 Å². The molecule has 1 aliphatic rings. The SMILES string of the molecule is Cc1[nH]c2ccccc2c1[C@@H](C(=O)O)N1CCCCC1. The summed E-state index contributed by atoms with van der Waals surface area (Å²) in [5.74, 6) is -0.750. The fourth-order valence-electron chi connectivity index (χ4n) is 3.29. The third-order valence-corrected chi connectivity index (χ3v) is 4.21. The van der Waals surface area contributed by atoms with Crippen LogP contribution in [-0.4, -0.2) is 34.0 Å². The van der Waals surface area contributed by atoms with Crippen LogP contribution in [0.3, 0.4) is 0 Å². The number of para-hydroxylation sites is 1. The number of piperidine rings is 1. The summed E-state index contributed by atoms with van der Waals surface area (Å²) in [7, 11) is 0. The van der Waals surface area contributed by atoms with Gasteiger partial charge in [0.1, 0.15) is 6.04 Å². The summed E-state index contributed by atoms with van der Waals surface area (Å²) in [6.45, 7) is 3.71. The number of hydrogen-bond donors (Lipinski definition) is 2. The molecule has 106 valence electrons. The van der Waals surface area contributed by atoms with Crippen molar-refractivity contribution in [1.82, 2.24) is 9.88 Å². The van der Waals surface area contributed by atoms with E-state index in [9.17, 15) is 9.90 Å². The number of likely N-dealkylation sites (tertiary alicyclic amines) is 1. The molecule has 0 amide bonds. The quantitative estimate of drug-likeness (QED) is 0.902. The zero-order valence-electron chi connectivity index (χ0n) is 11.7. The monoisotopic (exact) mass is 272 g/mol. The van der Waals surface area contributed by atoms with Gasteiger partial charge in [0.15, 0.2) is 0 Å². The Morgan fingerprint density at radius 3 is 2.65 bits per heavy atom. The number of rotatable bonds is 3. The zero-order valence-corrected chi connectivity index (χ0v) is 11.7. The summed E-state index contributed by atoms with van der Waals surface area (Å²) in [5.41, 5.74) is 2.91. The molecule has 3 rings (SSSR count). The molecule has 2 aromatic rings. The Morgan fingerprint density at radius 1 is 1.25 bits per heavy atom. The van der Waals surface area contributed by atoms with Crippen molar-refractivity contribution in [2.75, 3.05) is 13.1 Å². The van der Waals surface area contributed by atoms with E-state index in [-0.39, 0.29) is 0 Å². The second-order valence-electron chi connectivity index (χ2n) is 5.55. The Balaban J connectivity index is 2.09. The average Bonchev–Trinajstić information content (AvgIpc) is 2.77. The number of aliphatic carboxylic acids is 1. The number of carbonyl (C=O) groups is 1. The zero-order chi connectivity index (χ0) is 14.1. The van der Waals surface area contributed by atoms with Crippen molar-refractivity contribution in [3.8, 4) is 0 Å². The molecule has 1 aliphatic heterocycles. The van der Waals surface area contributed by atoms with E-state index in [1.165, 1.54) is 6.42 Å². The molecular weight excluding hydrogens is 252 g/mol. The second-order valence-corrected chi connectivity index (χ2v) is 5.55. The number of fused-ring (bicyclic) bond motifs is 1. The molecule has 0 radical (unpaired) electrons. The minimum Gasteiger partial charge on any atom is -0.480 e. The predicted octanol–water partition coefficient (Wildman–Crippen LogP) is 3.09. The maximum atomic E-state index is 11.8. The predicted molar refractivity (Wildman–Crippen MR) is 78.8 cm³/mol. The molecule has 4 nitrogen and oxygen atoms in total. The number of aromatic amines is 1. The molecule has 0 aliphatic carbocycles. The number of aromatic nitrogens is 1. The summed E-state index contributed by atoms with van der Waals surface area (Å²) >= 11 is 0. The van der Waals surface area contributed by atoms with Crippen LogP contribution in [0.5, 0.6) is 0 Å². The van der Waals surface area contributed by atoms with Gasteiger partial charge in [0.2, 0.25) is 0 Å². The minimum absolute atomic E-state index is 0.536. The largest absolute Gasteiger partial charge is 0.480 e. The maximum absolute atomic E-state index is 11.8. The highest BCUT2D eigenvalue weighted by atomic mass is 16.4. The molecule has 1 fully saturated rings. The van der Waals surface area contributed by atoms with Crippen LogP contribution in [-0.2, 0) is 4.79 Å². The second kappa shape index (κ2) is 5.29. The molecule has 0 unspecified atom stereocenters. The van der Waals surface area contributed by atoms with Crippen LogP contribution in [0.4, 0.5) is 0 Å². The van der Waals surface area contributed by atoms with Crippen LogP contribution < -0.4 is 0 Å². The third-order valence-electron chi connectivity index (χ3n) is 4.21. The topological polar surface area (TPSA) is 56.3 Å². The van der Waals surface area contributed by atoms with Crippen molar-refractivity contribution in [2.24, 2.45) is 0 Å². The molecule has 1 saturated heterocycles. The summed E-state index contributed by atoms with van der Waals surface area (Å²) in [5, 5.41) is 10.8. The number of H-pyrrole nitrogens is 1. The van der Waals surface area contributed by atoms with E-state index in [4.69, 9.17) is 0 Å². The van der Waals surface area contributed by atoms with Gasteiger partial charge >= 0.3 is 5.97 Å². The Labute approximate surface area is 118 Å². The van der Waals surface area contributed by atoms with E-state index in [0.717, 1.165) is 48.1 Å². The lowest BCUT2D eigenvalue weighted by molar-refractivity contribution is -0.144. The summed E-state index contributed by atoms with van der Waals surface area (Å²) in [4.78, 5) is 17.3. The van der Waals surface area contributed by atoms with Gasteiger partial charge < -0.3 is 10.1 Å². The molecule has 0 spiro atoms. The van der Waals surface area contributed by atoms with Gasteiger partial charge in [-0.2, -0.15) is 0 Å². The molecular formula is C16H20N2O2. The lowest BCUT2D eigenvalue weighted by atomic mass is 9.99. The van der Waals surface area contributed by atoms with Crippen LogP contribution in [0, 0.1) is 6.92 Å². The summed E-state index contributed by atoms with van der Waals surface area (Å²) < 4.78 is 0. The van der Waals surface area contributed by atoms with E-state index >= 15 is 0 Å². The highest BCUT2D eigenvalue weighted by Gasteiger charge is 2.31. The Kier molecular flexibility index (Phi) is 3.49. The van der Waals surface area contributed by atoms with E-state index in [0.29, 0.717) is 0 Å². The molecule has 20 heavy (non-hydrogen) atoms. The Morgan fingerprint density at radius 2 is 1.95 bits per heavy atom. The highest BCUT2D eigenvalue weighted by molar-refractivity contribution is 5.90. The lowest BCUT2D eigenvalue weighted by Gasteiger charge is -2.32. The highest BCUT2D eigenvalue weighted by Crippen LogP contribution is 2.33. The van der Waals surface area contributed by atoms with Crippen LogP contribution in [0.2, 0.25) is 0 Å². The van der Waals surface area contributed by atoms with Crippen molar-refractivity contribution in [2.45, 2.75) is 32.2 Å². The van der Waals surface area contributed by atoms with Gasteiger partial charge in [0.25, 0.3) is 0 Å². The molecule has 1 aromatic carbocycles. The van der Waals surface area contributed by atoms with Crippen molar-refractivity contribution < 1.29 is 9.90 Å². The number of carboxylic acid groups (broad SMARTS) is 1. The average molecular weight is 272 g/mol. The molecule has 2 N–H and O–H groups in total. The van der Waals surface area contributed by atoms with E-state index in [1.807, 2.05) is 31.2 Å². The number of benzene rings is 1. The molecule has 0 bridgehead atoms. The summed E-state index contributed by atoms with van der Waals surface area (Å²) in [6, 6.07) is 7.41. The summed E-state index contributed by atoms with van der Waals surface area (Å²) in [6.07, 6.45) is 3.38. The van der Waals surface area contributed by atoms with Crippen LogP contribution in [0.25, 0.3) is 10.9 Å². The molecule has 2 heterocycles. The fraction of sp³-hybridized carbons (Fsp3) is 0.438. The Bertz CT molecular complexity index is 626. The van der Waals surface area contributed by atoms with Crippen molar-refractivity contribution in [3.05, 3.63) is 35.5 Å². The van der Waals surface area contributed by atoms with Gasteiger partial charge in [-0.05, 0) is 38.9 Å². The van der Waals surface area contributed by atoms with Gasteiger partial charge in [0, 0.05) is 22.2 Å². The number of hydrogen-bond acceptors (Lipinski definition) is 2. The van der Waals surface area contributed by atoms with Crippen molar-refractivity contribution in [1.29, 1.82) is 0 Å². The number of carboxylic acids is 1. The number of nitrogens with zero attached hydrogens (tertiary/aromatic N) is 1. The van der Waals surface area contributed by atoms with Gasteiger partial charge in [0.05, 0.1) is 0 Å². The van der Waals surface area contributed by atoms with E-state index in [1.54, 1.807) is 0 Å². The van der Waals surface area contributed by atoms with Gasteiger partial charge in [-0.15, -0.1) is 0 Å². The number of aryl methyl sites for hydroxylation is 1. The van der Waals surface area contributed by atoms with Crippen molar-refractivity contribution >= 4 is 16.9 Å². The van der Waals surface area contributed by atoms with Gasteiger partial charge in [-0.1, -0.05) is 24.6 Å². The minimum atomic E-state index is -0.750. The first-order valence-corrected chi connectivity index (χ1v) is 7.22. The molecule has 0 saturated carbocycles. The van der Waals surface area contributed by atoms with E-state index in [2.05, 4.69) is 9.88 Å². The fourth-order valence-corrected chi connectivity index (χ4v) is 3.29. The molecule has 1 aromatic heterocycles.